The highest BCUT2D eigenvalue weighted by Gasteiger charge is 2.42. The van der Waals surface area contributed by atoms with Gasteiger partial charge in [0.2, 0.25) is 5.91 Å². The first-order valence-electron chi connectivity index (χ1n) is 13.9. The monoisotopic (exact) mass is 516 g/mol. The lowest BCUT2D eigenvalue weighted by Gasteiger charge is -2.42. The van der Waals surface area contributed by atoms with E-state index in [1.165, 1.54) is 5.56 Å². The van der Waals surface area contributed by atoms with Gasteiger partial charge in [-0.1, -0.05) is 32.4 Å². The molecule has 5 aliphatic heterocycles. The normalized spacial score (nSPS) is 28.8. The summed E-state index contributed by atoms with van der Waals surface area (Å²) in [5.41, 5.74) is 9.64. The van der Waals surface area contributed by atoms with E-state index in [1.807, 2.05) is 18.2 Å². The van der Waals surface area contributed by atoms with Crippen molar-refractivity contribution in [3.63, 3.8) is 0 Å². The average Bonchev–Trinajstić information content (AvgIpc) is 2.91. The van der Waals surface area contributed by atoms with Gasteiger partial charge in [0.25, 0.3) is 5.91 Å². The Hall–Kier alpha value is -3.55. The fraction of sp³-hybridized carbons (Fsp3) is 0.500. The second-order valence-electron chi connectivity index (χ2n) is 11.2. The summed E-state index contributed by atoms with van der Waals surface area (Å²) in [6.07, 6.45) is 5.36. The minimum absolute atomic E-state index is 0.00979. The van der Waals surface area contributed by atoms with E-state index in [1.54, 1.807) is 11.0 Å². The van der Waals surface area contributed by atoms with Crippen molar-refractivity contribution >= 4 is 17.8 Å². The van der Waals surface area contributed by atoms with Crippen LogP contribution in [-0.4, -0.2) is 41.4 Å². The molecule has 2 aromatic rings. The molecule has 2 aromatic carbocycles. The lowest BCUT2D eigenvalue weighted by Crippen LogP contribution is -2.53. The third-order valence-electron chi connectivity index (χ3n) is 8.72. The van der Waals surface area contributed by atoms with E-state index < -0.39 is 5.54 Å². The van der Waals surface area contributed by atoms with Gasteiger partial charge in [-0.25, -0.2) is 4.99 Å². The lowest BCUT2D eigenvalue weighted by molar-refractivity contribution is -0.132. The van der Waals surface area contributed by atoms with Crippen molar-refractivity contribution in [2.45, 2.75) is 76.4 Å². The lowest BCUT2D eigenvalue weighted by atomic mass is 9.84. The van der Waals surface area contributed by atoms with Gasteiger partial charge >= 0.3 is 0 Å². The highest BCUT2D eigenvalue weighted by Crippen LogP contribution is 2.41. The first kappa shape index (κ1) is 24.8. The minimum atomic E-state index is -0.469. The summed E-state index contributed by atoms with van der Waals surface area (Å²) in [5, 5.41) is 3.27. The van der Waals surface area contributed by atoms with E-state index in [2.05, 4.69) is 31.3 Å². The Kier molecular flexibility index (Phi) is 6.28. The fourth-order valence-corrected chi connectivity index (χ4v) is 6.45. The predicted octanol–water partition coefficient (Wildman–Crippen LogP) is 4.43. The number of carbonyl (C=O) groups excluding carboxylic acids is 2. The molecule has 2 amide bonds. The number of nitrogens with two attached hydrogens (primary N) is 1. The zero-order valence-corrected chi connectivity index (χ0v) is 22.2. The quantitative estimate of drug-likeness (QED) is 0.583. The van der Waals surface area contributed by atoms with Crippen LogP contribution in [0.4, 0.5) is 0 Å². The molecule has 4 atom stereocenters. The van der Waals surface area contributed by atoms with Gasteiger partial charge in [0.1, 0.15) is 11.5 Å². The van der Waals surface area contributed by atoms with Gasteiger partial charge < -0.3 is 20.5 Å². The highest BCUT2D eigenvalue weighted by atomic mass is 16.5. The van der Waals surface area contributed by atoms with Crippen LogP contribution in [0.25, 0.3) is 0 Å². The Balaban J connectivity index is 1.44. The van der Waals surface area contributed by atoms with Crippen molar-refractivity contribution in [2.24, 2.45) is 16.6 Å². The summed E-state index contributed by atoms with van der Waals surface area (Å²) >= 11 is 0. The van der Waals surface area contributed by atoms with Crippen LogP contribution < -0.4 is 20.5 Å². The molecule has 6 bridgehead atoms. The van der Waals surface area contributed by atoms with Crippen molar-refractivity contribution in [1.82, 2.24) is 10.2 Å². The largest absolute Gasteiger partial charge is 0.493 e. The first-order valence-corrected chi connectivity index (χ1v) is 13.9. The fourth-order valence-electron chi connectivity index (χ4n) is 6.45. The van der Waals surface area contributed by atoms with Crippen molar-refractivity contribution in [2.75, 3.05) is 13.2 Å². The van der Waals surface area contributed by atoms with Crippen LogP contribution in [0.5, 0.6) is 11.5 Å². The van der Waals surface area contributed by atoms with Crippen LogP contribution in [0.1, 0.15) is 91.5 Å². The number of amides is 2. The number of ether oxygens (including phenoxy) is 2. The van der Waals surface area contributed by atoms with E-state index >= 15 is 0 Å². The molecular formula is C30H36N4O4. The first-order chi connectivity index (χ1) is 18.4. The number of nitrogens with one attached hydrogen (secondary N) is 1. The molecule has 38 heavy (non-hydrogen) atoms. The molecule has 0 spiro atoms. The Morgan fingerprint density at radius 3 is 2.74 bits per heavy atom. The minimum Gasteiger partial charge on any atom is -0.493 e. The zero-order valence-electron chi connectivity index (χ0n) is 22.2. The maximum absolute atomic E-state index is 13.6. The van der Waals surface area contributed by atoms with E-state index in [4.69, 9.17) is 20.2 Å². The van der Waals surface area contributed by atoms with Crippen molar-refractivity contribution < 1.29 is 19.1 Å². The number of rotatable bonds is 1. The molecule has 0 saturated heterocycles. The third-order valence-corrected chi connectivity index (χ3v) is 8.72. The van der Waals surface area contributed by atoms with E-state index in [0.717, 1.165) is 49.0 Å². The second kappa shape index (κ2) is 9.64. The molecular weight excluding hydrogens is 480 g/mol. The molecule has 0 saturated carbocycles. The summed E-state index contributed by atoms with van der Waals surface area (Å²) in [6.45, 7) is 5.21. The van der Waals surface area contributed by atoms with Crippen molar-refractivity contribution in [3.8, 4) is 11.5 Å². The molecule has 8 nitrogen and oxygen atoms in total. The maximum atomic E-state index is 13.6. The Bertz CT molecular complexity index is 1310. The SMILES string of the molecule is CC[C@@]12CCCCc3ccc4c(c3)[C@@H](NC(=O)c3ccc5c(c3)[C@@H](CCO5)N(C(=O)C1)C(N)=N2)[C@H](C)CO4. The Morgan fingerprint density at radius 2 is 1.92 bits per heavy atom. The van der Waals surface area contributed by atoms with Gasteiger partial charge in [-0.3, -0.25) is 14.5 Å². The predicted molar refractivity (Wildman–Crippen MR) is 144 cm³/mol. The van der Waals surface area contributed by atoms with Gasteiger partial charge in [-0.05, 0) is 55.5 Å². The van der Waals surface area contributed by atoms with Gasteiger partial charge in [-0.15, -0.1) is 0 Å². The molecule has 0 unspecified atom stereocenters. The van der Waals surface area contributed by atoms with Gasteiger partial charge in [-0.2, -0.15) is 0 Å². The highest BCUT2D eigenvalue weighted by molar-refractivity contribution is 6.00. The van der Waals surface area contributed by atoms with Gasteiger partial charge in [0.05, 0.1) is 37.3 Å². The zero-order chi connectivity index (χ0) is 26.4. The third kappa shape index (κ3) is 4.29. The number of aliphatic imine (C=N–C) groups is 1. The number of nitrogens with zero attached hydrogens (tertiary/aromatic N) is 2. The molecule has 200 valence electrons. The van der Waals surface area contributed by atoms with Crippen molar-refractivity contribution in [1.29, 1.82) is 0 Å². The van der Waals surface area contributed by atoms with Crippen LogP contribution >= 0.6 is 0 Å². The van der Waals surface area contributed by atoms with Crippen LogP contribution in [-0.2, 0) is 11.2 Å². The molecule has 3 N–H and O–H groups in total. The Labute approximate surface area is 223 Å². The van der Waals surface area contributed by atoms with Crippen LogP contribution in [0.2, 0.25) is 0 Å². The van der Waals surface area contributed by atoms with Crippen LogP contribution in [0.15, 0.2) is 41.4 Å². The van der Waals surface area contributed by atoms with Gasteiger partial charge in [0.15, 0.2) is 5.96 Å². The summed E-state index contributed by atoms with van der Waals surface area (Å²) in [5.74, 6) is 1.74. The molecule has 0 radical (unpaired) electrons. The van der Waals surface area contributed by atoms with Crippen LogP contribution in [0, 0.1) is 5.92 Å². The molecule has 8 heteroatoms. The standard InChI is InChI=1S/C30H36N4O4/c1-3-30-12-5-4-6-19-7-9-25-22(14-19)27(18(2)17-38-25)32-28(36)20-8-10-24-21(15-20)23(11-13-37-24)34(26(35)16-30)29(31)33-30/h7-10,14-15,18,23,27H,3-6,11-13,16-17H2,1-2H3,(H2,31,33)(H,32,36)/t18-,23-,27+,30-/m1/s1. The number of benzene rings is 2. The number of guanidine groups is 1. The molecule has 5 heterocycles. The summed E-state index contributed by atoms with van der Waals surface area (Å²) in [6, 6.07) is 11.3. The molecule has 0 aromatic heterocycles. The van der Waals surface area contributed by atoms with Gasteiger partial charge in [0, 0.05) is 29.0 Å². The van der Waals surface area contributed by atoms with E-state index in [0.29, 0.717) is 37.4 Å². The van der Waals surface area contributed by atoms with Crippen molar-refractivity contribution in [3.05, 3.63) is 58.7 Å². The summed E-state index contributed by atoms with van der Waals surface area (Å²) < 4.78 is 11.9. The number of carbonyl (C=O) groups is 2. The maximum Gasteiger partial charge on any atom is 0.251 e. The Morgan fingerprint density at radius 1 is 1.11 bits per heavy atom. The summed E-state index contributed by atoms with van der Waals surface area (Å²) in [4.78, 5) is 33.8. The van der Waals surface area contributed by atoms with Crippen LogP contribution in [0.3, 0.4) is 0 Å². The number of aryl methyl sites for hydroxylation is 1. The molecule has 5 aliphatic rings. The number of fused-ring (bicyclic) bond motifs is 5. The smallest absolute Gasteiger partial charge is 0.251 e. The molecule has 0 aliphatic carbocycles. The molecule has 0 fully saturated rings. The molecule has 7 rings (SSSR count). The summed E-state index contributed by atoms with van der Waals surface area (Å²) in [7, 11) is 0. The number of hydrogen-bond acceptors (Lipinski definition) is 6. The number of hydrogen-bond donors (Lipinski definition) is 2. The second-order valence-corrected chi connectivity index (χ2v) is 11.2. The topological polar surface area (TPSA) is 106 Å². The van der Waals surface area contributed by atoms with E-state index in [9.17, 15) is 9.59 Å². The average molecular weight is 517 g/mol. The van der Waals surface area contributed by atoms with E-state index in [-0.39, 0.29) is 35.8 Å².